The van der Waals surface area contributed by atoms with Crippen molar-refractivity contribution in [3.05, 3.63) is 21.6 Å². The standard InChI is InChI=1S/C15H21N5OS2/c1-2-12-13(23-19-18-12)14(21)17-15-16-11(10-22-15)9-20-7-5-3-4-6-8-20/h10H,2-9H2,1H3,(H,16,17,21). The molecule has 1 N–H and O–H groups in total. The van der Waals surface area contributed by atoms with Gasteiger partial charge in [-0.15, -0.1) is 16.4 Å². The summed E-state index contributed by atoms with van der Waals surface area (Å²) in [5.74, 6) is -0.160. The predicted octanol–water partition coefficient (Wildman–Crippen LogP) is 3.19. The molecule has 0 spiro atoms. The molecule has 1 saturated heterocycles. The summed E-state index contributed by atoms with van der Waals surface area (Å²) in [5, 5.41) is 9.52. The Morgan fingerprint density at radius 3 is 2.83 bits per heavy atom. The van der Waals surface area contributed by atoms with Gasteiger partial charge in [-0.25, -0.2) is 4.98 Å². The van der Waals surface area contributed by atoms with E-state index in [1.54, 1.807) is 0 Å². The summed E-state index contributed by atoms with van der Waals surface area (Å²) in [5.41, 5.74) is 1.78. The van der Waals surface area contributed by atoms with Crippen molar-refractivity contribution in [2.24, 2.45) is 0 Å². The maximum Gasteiger partial charge on any atom is 0.271 e. The number of likely N-dealkylation sites (tertiary alicyclic amines) is 1. The lowest BCUT2D eigenvalue weighted by atomic mass is 10.2. The summed E-state index contributed by atoms with van der Waals surface area (Å²) in [6.07, 6.45) is 5.91. The number of aryl methyl sites for hydroxylation is 1. The zero-order chi connectivity index (χ0) is 16.1. The van der Waals surface area contributed by atoms with Crippen LogP contribution in [0.4, 0.5) is 5.13 Å². The number of nitrogens with zero attached hydrogens (tertiary/aromatic N) is 4. The van der Waals surface area contributed by atoms with Gasteiger partial charge >= 0.3 is 0 Å². The largest absolute Gasteiger partial charge is 0.297 e. The average molecular weight is 352 g/mol. The van der Waals surface area contributed by atoms with E-state index in [2.05, 4.69) is 24.8 Å². The zero-order valence-corrected chi connectivity index (χ0v) is 14.9. The lowest BCUT2D eigenvalue weighted by molar-refractivity contribution is 0.102. The third-order valence-corrected chi connectivity index (χ3v) is 5.53. The lowest BCUT2D eigenvalue weighted by Gasteiger charge is -2.17. The van der Waals surface area contributed by atoms with Gasteiger partial charge in [-0.05, 0) is 43.9 Å². The fourth-order valence-electron chi connectivity index (χ4n) is 2.73. The van der Waals surface area contributed by atoms with Crippen LogP contribution < -0.4 is 5.32 Å². The van der Waals surface area contributed by atoms with Crippen LogP contribution >= 0.6 is 22.9 Å². The van der Waals surface area contributed by atoms with E-state index in [0.717, 1.165) is 42.6 Å². The Morgan fingerprint density at radius 2 is 2.09 bits per heavy atom. The van der Waals surface area contributed by atoms with E-state index in [0.29, 0.717) is 16.4 Å². The van der Waals surface area contributed by atoms with Gasteiger partial charge in [0.15, 0.2) is 5.13 Å². The number of amides is 1. The number of rotatable bonds is 5. The van der Waals surface area contributed by atoms with Gasteiger partial charge in [0, 0.05) is 11.9 Å². The van der Waals surface area contributed by atoms with E-state index in [1.165, 1.54) is 37.0 Å². The molecule has 1 aliphatic rings. The molecular formula is C15H21N5OS2. The highest BCUT2D eigenvalue weighted by atomic mass is 32.1. The maximum absolute atomic E-state index is 12.3. The number of carbonyl (C=O) groups excluding carboxylic acids is 1. The normalized spacial score (nSPS) is 16.2. The number of anilines is 1. The topological polar surface area (TPSA) is 71.0 Å². The van der Waals surface area contributed by atoms with Gasteiger partial charge in [-0.3, -0.25) is 15.0 Å². The molecule has 3 heterocycles. The minimum Gasteiger partial charge on any atom is -0.297 e. The van der Waals surface area contributed by atoms with Crippen LogP contribution in [-0.4, -0.2) is 38.5 Å². The zero-order valence-electron chi connectivity index (χ0n) is 13.2. The Balaban J connectivity index is 1.59. The molecule has 0 unspecified atom stereocenters. The van der Waals surface area contributed by atoms with Crippen molar-refractivity contribution in [2.45, 2.75) is 45.6 Å². The second-order valence-corrected chi connectivity index (χ2v) is 7.30. The molecule has 0 atom stereocenters. The summed E-state index contributed by atoms with van der Waals surface area (Å²) in [4.78, 5) is 19.9. The van der Waals surface area contributed by atoms with Crippen molar-refractivity contribution in [2.75, 3.05) is 18.4 Å². The van der Waals surface area contributed by atoms with Crippen LogP contribution in [0.5, 0.6) is 0 Å². The highest BCUT2D eigenvalue weighted by molar-refractivity contribution is 7.14. The van der Waals surface area contributed by atoms with Crippen molar-refractivity contribution >= 4 is 33.9 Å². The number of aromatic nitrogens is 3. The van der Waals surface area contributed by atoms with E-state index in [9.17, 15) is 4.79 Å². The first-order valence-corrected chi connectivity index (χ1v) is 9.71. The number of nitrogens with one attached hydrogen (secondary N) is 1. The average Bonchev–Trinajstić information content (AvgIpc) is 3.12. The fraction of sp³-hybridized carbons (Fsp3) is 0.600. The van der Waals surface area contributed by atoms with E-state index >= 15 is 0 Å². The van der Waals surface area contributed by atoms with Crippen LogP contribution in [0.3, 0.4) is 0 Å². The van der Waals surface area contributed by atoms with Crippen LogP contribution in [-0.2, 0) is 13.0 Å². The van der Waals surface area contributed by atoms with Gasteiger partial charge < -0.3 is 0 Å². The van der Waals surface area contributed by atoms with E-state index in [1.807, 2.05) is 12.3 Å². The minimum atomic E-state index is -0.160. The smallest absolute Gasteiger partial charge is 0.271 e. The molecule has 0 saturated carbocycles. The summed E-state index contributed by atoms with van der Waals surface area (Å²) < 4.78 is 3.85. The Labute approximate surface area is 144 Å². The first-order valence-electron chi connectivity index (χ1n) is 8.05. The molecule has 23 heavy (non-hydrogen) atoms. The van der Waals surface area contributed by atoms with Gasteiger partial charge in [0.25, 0.3) is 5.91 Å². The van der Waals surface area contributed by atoms with Crippen LogP contribution in [0.15, 0.2) is 5.38 Å². The Kier molecular flexibility index (Phi) is 5.69. The predicted molar refractivity (Wildman–Crippen MR) is 93.1 cm³/mol. The minimum absolute atomic E-state index is 0.160. The molecule has 8 heteroatoms. The third kappa shape index (κ3) is 4.33. The summed E-state index contributed by atoms with van der Waals surface area (Å²) in [6, 6.07) is 0. The molecule has 124 valence electrons. The van der Waals surface area contributed by atoms with Gasteiger partial charge in [-0.2, -0.15) is 0 Å². The first-order chi connectivity index (χ1) is 11.3. The Morgan fingerprint density at radius 1 is 1.30 bits per heavy atom. The molecule has 1 aliphatic heterocycles. The molecule has 2 aromatic heterocycles. The van der Waals surface area contributed by atoms with Crippen LogP contribution in [0, 0.1) is 0 Å². The number of thiazole rings is 1. The highest BCUT2D eigenvalue weighted by Gasteiger charge is 2.17. The van der Waals surface area contributed by atoms with Crippen molar-refractivity contribution in [3.63, 3.8) is 0 Å². The van der Waals surface area contributed by atoms with E-state index in [4.69, 9.17) is 0 Å². The maximum atomic E-state index is 12.3. The van der Waals surface area contributed by atoms with Crippen LogP contribution in [0.1, 0.15) is 53.7 Å². The van der Waals surface area contributed by atoms with Crippen molar-refractivity contribution in [1.82, 2.24) is 19.5 Å². The Hall–Kier alpha value is -1.38. The van der Waals surface area contributed by atoms with Crippen molar-refractivity contribution in [3.8, 4) is 0 Å². The van der Waals surface area contributed by atoms with Crippen LogP contribution in [0.2, 0.25) is 0 Å². The first kappa shape index (κ1) is 16.5. The molecule has 0 aliphatic carbocycles. The number of hydrogen-bond acceptors (Lipinski definition) is 7. The van der Waals surface area contributed by atoms with Crippen molar-refractivity contribution < 1.29 is 4.79 Å². The van der Waals surface area contributed by atoms with E-state index in [-0.39, 0.29) is 5.91 Å². The molecule has 1 amide bonds. The van der Waals surface area contributed by atoms with Gasteiger partial charge in [0.05, 0.1) is 11.4 Å². The second kappa shape index (κ2) is 7.94. The molecule has 0 bridgehead atoms. The quantitative estimate of drug-likeness (QED) is 0.896. The summed E-state index contributed by atoms with van der Waals surface area (Å²) >= 11 is 2.61. The van der Waals surface area contributed by atoms with Crippen LogP contribution in [0.25, 0.3) is 0 Å². The third-order valence-electron chi connectivity index (χ3n) is 3.95. The number of carbonyl (C=O) groups is 1. The lowest BCUT2D eigenvalue weighted by Crippen LogP contribution is -2.24. The van der Waals surface area contributed by atoms with Gasteiger partial charge in [0.2, 0.25) is 0 Å². The molecule has 6 nitrogen and oxygen atoms in total. The molecule has 0 aromatic carbocycles. The molecule has 1 fully saturated rings. The fourth-order valence-corrected chi connectivity index (χ4v) is 4.07. The summed E-state index contributed by atoms with van der Waals surface area (Å²) in [6.45, 7) is 5.13. The second-order valence-electron chi connectivity index (χ2n) is 5.69. The van der Waals surface area contributed by atoms with Crippen molar-refractivity contribution in [1.29, 1.82) is 0 Å². The SMILES string of the molecule is CCc1nnsc1C(=O)Nc1nc(CN2CCCCCC2)cs1. The highest BCUT2D eigenvalue weighted by Crippen LogP contribution is 2.20. The molecular weight excluding hydrogens is 330 g/mol. The molecule has 3 rings (SSSR count). The Bertz CT molecular complexity index is 646. The monoisotopic (exact) mass is 351 g/mol. The van der Waals surface area contributed by atoms with Gasteiger partial charge in [0.1, 0.15) is 4.88 Å². The van der Waals surface area contributed by atoms with Gasteiger partial charge in [-0.1, -0.05) is 24.3 Å². The molecule has 0 radical (unpaired) electrons. The number of hydrogen-bond donors (Lipinski definition) is 1. The summed E-state index contributed by atoms with van der Waals surface area (Å²) in [7, 11) is 0. The molecule has 2 aromatic rings. The van der Waals surface area contributed by atoms with E-state index < -0.39 is 0 Å².